The molecule has 0 aromatic carbocycles. The molecule has 0 N–H and O–H groups in total. The van der Waals surface area contributed by atoms with E-state index in [4.69, 9.17) is 0 Å². The molecule has 4 aliphatic rings. The van der Waals surface area contributed by atoms with Gasteiger partial charge in [-0.25, -0.2) is 0 Å². The van der Waals surface area contributed by atoms with E-state index < -0.39 is 0 Å². The Morgan fingerprint density at radius 2 is 1.67 bits per heavy atom. The van der Waals surface area contributed by atoms with Crippen LogP contribution in [-0.4, -0.2) is 5.78 Å². The summed E-state index contributed by atoms with van der Waals surface area (Å²) < 4.78 is 0. The van der Waals surface area contributed by atoms with E-state index in [1.54, 1.807) is 5.57 Å². The lowest BCUT2D eigenvalue weighted by Crippen LogP contribution is -2.50. The van der Waals surface area contributed by atoms with E-state index in [0.717, 1.165) is 30.6 Å². The minimum absolute atomic E-state index is 0.0424. The van der Waals surface area contributed by atoms with Crippen LogP contribution >= 0.6 is 0 Å². The molecule has 0 radical (unpaired) electrons. The van der Waals surface area contributed by atoms with Gasteiger partial charge in [-0.2, -0.15) is 0 Å². The van der Waals surface area contributed by atoms with E-state index in [1.807, 2.05) is 0 Å². The average Bonchev–Trinajstić information content (AvgIpc) is 2.76. The zero-order chi connectivity index (χ0) is 14.8. The maximum Gasteiger partial charge on any atom is 0.139 e. The van der Waals surface area contributed by atoms with Crippen LogP contribution in [0.3, 0.4) is 0 Å². The molecule has 4 unspecified atom stereocenters. The lowest BCUT2D eigenvalue weighted by molar-refractivity contribution is -0.132. The number of allylic oxidation sites excluding steroid dienone is 2. The molecule has 1 heteroatoms. The molecule has 3 fully saturated rings. The summed E-state index contributed by atoms with van der Waals surface area (Å²) in [6.45, 7) is 7.23. The maximum atomic E-state index is 12.4. The quantitative estimate of drug-likeness (QED) is 0.562. The monoisotopic (exact) mass is 286 g/mol. The molecule has 4 rings (SSSR count). The molecule has 3 saturated carbocycles. The van der Waals surface area contributed by atoms with Crippen molar-refractivity contribution in [3.8, 4) is 0 Å². The van der Waals surface area contributed by atoms with Gasteiger partial charge in [-0.1, -0.05) is 32.4 Å². The summed E-state index contributed by atoms with van der Waals surface area (Å²) in [5.74, 6) is 3.74. The first-order chi connectivity index (χ1) is 9.95. The van der Waals surface area contributed by atoms with E-state index >= 15 is 0 Å². The van der Waals surface area contributed by atoms with Crippen LogP contribution in [0.15, 0.2) is 11.6 Å². The molecule has 0 aliphatic heterocycles. The van der Waals surface area contributed by atoms with E-state index in [2.05, 4.69) is 26.8 Å². The summed E-state index contributed by atoms with van der Waals surface area (Å²) in [6.07, 6.45) is 12.5. The predicted octanol–water partition coefficient (Wildman–Crippen LogP) is 5.15. The van der Waals surface area contributed by atoms with Crippen molar-refractivity contribution in [2.75, 3.05) is 0 Å². The van der Waals surface area contributed by atoms with E-state index in [9.17, 15) is 4.79 Å². The zero-order valence-electron chi connectivity index (χ0n) is 14.0. The number of hydrogen-bond acceptors (Lipinski definition) is 1. The van der Waals surface area contributed by atoms with Crippen molar-refractivity contribution in [2.45, 2.75) is 72.1 Å². The van der Waals surface area contributed by atoms with Gasteiger partial charge in [-0.15, -0.1) is 0 Å². The van der Waals surface area contributed by atoms with Crippen LogP contribution in [0.1, 0.15) is 72.1 Å². The third-order valence-corrected chi connectivity index (χ3v) is 8.05. The SMILES string of the molecule is CC1C=C2CCC3C(CC[C@]4(C)C(=O)CCC34)[C@@]2(C)CC1. The smallest absolute Gasteiger partial charge is 0.139 e. The summed E-state index contributed by atoms with van der Waals surface area (Å²) in [5, 5.41) is 0. The fourth-order valence-electron chi connectivity index (χ4n) is 6.67. The summed E-state index contributed by atoms with van der Waals surface area (Å²) in [5.41, 5.74) is 2.28. The van der Waals surface area contributed by atoms with Crippen molar-refractivity contribution >= 4 is 5.78 Å². The van der Waals surface area contributed by atoms with E-state index in [0.29, 0.717) is 17.1 Å². The van der Waals surface area contributed by atoms with Gasteiger partial charge >= 0.3 is 0 Å². The normalized spacial score (nSPS) is 52.7. The minimum Gasteiger partial charge on any atom is -0.299 e. The van der Waals surface area contributed by atoms with Gasteiger partial charge in [-0.3, -0.25) is 4.79 Å². The van der Waals surface area contributed by atoms with Crippen LogP contribution < -0.4 is 0 Å². The van der Waals surface area contributed by atoms with Gasteiger partial charge < -0.3 is 0 Å². The highest BCUT2D eigenvalue weighted by molar-refractivity contribution is 5.87. The van der Waals surface area contributed by atoms with E-state index in [-0.39, 0.29) is 5.41 Å². The van der Waals surface area contributed by atoms with Crippen LogP contribution in [0.25, 0.3) is 0 Å². The Kier molecular flexibility index (Phi) is 2.98. The average molecular weight is 286 g/mol. The van der Waals surface area contributed by atoms with E-state index in [1.165, 1.54) is 38.5 Å². The number of ketones is 1. The second-order valence-electron chi connectivity index (χ2n) is 8.96. The van der Waals surface area contributed by atoms with Crippen molar-refractivity contribution in [3.63, 3.8) is 0 Å². The number of rotatable bonds is 0. The highest BCUT2D eigenvalue weighted by atomic mass is 16.1. The molecular weight excluding hydrogens is 256 g/mol. The molecule has 116 valence electrons. The fraction of sp³-hybridized carbons (Fsp3) is 0.850. The standard InChI is InChI=1S/C20H30O/c1-13-8-10-19(2)14(12-13)4-5-15-16-6-7-18(21)20(16,3)11-9-17(15)19/h12-13,15-17H,4-11H2,1-3H3/t13?,15?,16?,17?,19-,20-/m0/s1. The summed E-state index contributed by atoms with van der Waals surface area (Å²) >= 11 is 0. The third-order valence-electron chi connectivity index (χ3n) is 8.05. The first kappa shape index (κ1) is 14.0. The van der Waals surface area contributed by atoms with Crippen LogP contribution in [0.5, 0.6) is 0 Å². The highest BCUT2D eigenvalue weighted by Crippen LogP contribution is 2.64. The summed E-state index contributed by atoms with van der Waals surface area (Å²) in [6, 6.07) is 0. The van der Waals surface area contributed by atoms with Gasteiger partial charge in [0.25, 0.3) is 0 Å². The van der Waals surface area contributed by atoms with Crippen LogP contribution in [-0.2, 0) is 4.79 Å². The zero-order valence-corrected chi connectivity index (χ0v) is 14.0. The summed E-state index contributed by atoms with van der Waals surface area (Å²) in [4.78, 5) is 12.4. The second-order valence-corrected chi connectivity index (χ2v) is 8.96. The topological polar surface area (TPSA) is 17.1 Å². The number of carbonyl (C=O) groups is 1. The van der Waals surface area contributed by atoms with Crippen molar-refractivity contribution in [1.82, 2.24) is 0 Å². The fourth-order valence-corrected chi connectivity index (χ4v) is 6.67. The highest BCUT2D eigenvalue weighted by Gasteiger charge is 2.58. The predicted molar refractivity (Wildman–Crippen MR) is 85.9 cm³/mol. The Balaban J connectivity index is 1.69. The van der Waals surface area contributed by atoms with Crippen molar-refractivity contribution in [1.29, 1.82) is 0 Å². The van der Waals surface area contributed by atoms with Gasteiger partial charge in [0.2, 0.25) is 0 Å². The Labute approximate surface area is 129 Å². The Hall–Kier alpha value is -0.590. The minimum atomic E-state index is 0.0424. The molecule has 0 bridgehead atoms. The molecule has 4 aliphatic carbocycles. The Morgan fingerprint density at radius 1 is 0.952 bits per heavy atom. The van der Waals surface area contributed by atoms with Crippen molar-refractivity contribution in [2.24, 2.45) is 34.5 Å². The van der Waals surface area contributed by atoms with Gasteiger partial charge in [-0.05, 0) is 74.0 Å². The lowest BCUT2D eigenvalue weighted by Gasteiger charge is -2.57. The molecule has 21 heavy (non-hydrogen) atoms. The van der Waals surface area contributed by atoms with Gasteiger partial charge in [0.15, 0.2) is 0 Å². The van der Waals surface area contributed by atoms with Crippen molar-refractivity contribution in [3.05, 3.63) is 11.6 Å². The molecule has 0 aromatic rings. The van der Waals surface area contributed by atoms with Crippen LogP contribution in [0.2, 0.25) is 0 Å². The molecule has 6 atom stereocenters. The Bertz CT molecular complexity index is 504. The molecule has 0 heterocycles. The third kappa shape index (κ3) is 1.79. The lowest BCUT2D eigenvalue weighted by atomic mass is 9.47. The first-order valence-electron chi connectivity index (χ1n) is 9.19. The summed E-state index contributed by atoms with van der Waals surface area (Å²) in [7, 11) is 0. The van der Waals surface area contributed by atoms with Crippen LogP contribution in [0, 0.1) is 34.5 Å². The number of fused-ring (bicyclic) bond motifs is 5. The number of Topliss-reactive ketones (excluding diaryl/α,β-unsaturated/α-hetero) is 1. The molecule has 0 amide bonds. The first-order valence-corrected chi connectivity index (χ1v) is 9.19. The second kappa shape index (κ2) is 4.46. The van der Waals surface area contributed by atoms with Gasteiger partial charge in [0, 0.05) is 11.8 Å². The largest absolute Gasteiger partial charge is 0.299 e. The van der Waals surface area contributed by atoms with Gasteiger partial charge in [0.05, 0.1) is 0 Å². The molecule has 0 spiro atoms. The maximum absolute atomic E-state index is 12.4. The Morgan fingerprint density at radius 3 is 2.48 bits per heavy atom. The molecule has 0 aromatic heterocycles. The molecule has 1 nitrogen and oxygen atoms in total. The van der Waals surface area contributed by atoms with Crippen LogP contribution in [0.4, 0.5) is 0 Å². The molecule has 0 saturated heterocycles. The molecular formula is C20H30O. The van der Waals surface area contributed by atoms with Crippen molar-refractivity contribution < 1.29 is 4.79 Å². The number of hydrogen-bond donors (Lipinski definition) is 0. The van der Waals surface area contributed by atoms with Gasteiger partial charge in [0.1, 0.15) is 5.78 Å². The number of carbonyl (C=O) groups excluding carboxylic acids is 1.